The van der Waals surface area contributed by atoms with E-state index in [0.717, 1.165) is 33.3 Å². The third-order valence-corrected chi connectivity index (χ3v) is 13.8. The zero-order valence-electron chi connectivity index (χ0n) is 36.6. The molecule has 14 aromatic rings. The number of fused-ring (bicyclic) bond motifs is 8. The van der Waals surface area contributed by atoms with Gasteiger partial charge in [0, 0.05) is 64.2 Å². The highest BCUT2D eigenvalue weighted by Gasteiger charge is 2.18. The first-order chi connectivity index (χ1) is 34.1. The molecular formula is C58H37ClN8S2. The number of thiophene rings is 2. The number of benzene rings is 8. The molecule has 8 aromatic carbocycles. The molecular weight excluding hydrogens is 908 g/mol. The Bertz CT molecular complexity index is 3980. The molecule has 69 heavy (non-hydrogen) atoms. The van der Waals surface area contributed by atoms with E-state index in [0.29, 0.717) is 29.2 Å². The molecule has 0 radical (unpaired) electrons. The molecule has 6 heterocycles. The van der Waals surface area contributed by atoms with Gasteiger partial charge in [0.25, 0.3) is 0 Å². The van der Waals surface area contributed by atoms with E-state index in [9.17, 15) is 0 Å². The number of aromatic amines is 1. The van der Waals surface area contributed by atoms with Crippen LogP contribution in [0.4, 0.5) is 0 Å². The number of hydrogen-bond donors (Lipinski definition) is 1. The summed E-state index contributed by atoms with van der Waals surface area (Å²) in [6, 6.07) is 69.9. The first kappa shape index (κ1) is 42.0. The van der Waals surface area contributed by atoms with Crippen LogP contribution in [0.2, 0.25) is 5.28 Å². The molecule has 11 heteroatoms. The first-order valence-electron chi connectivity index (χ1n) is 22.3. The summed E-state index contributed by atoms with van der Waals surface area (Å²) < 4.78 is 4.81. The van der Waals surface area contributed by atoms with Crippen molar-refractivity contribution in [2.75, 3.05) is 0 Å². The second-order valence-electron chi connectivity index (χ2n) is 16.2. The smallest absolute Gasteiger partial charge is 0.238 e. The fourth-order valence-electron chi connectivity index (χ4n) is 8.63. The Labute approximate surface area is 408 Å². The number of nitrogens with one attached hydrogen (secondary N) is 1. The highest BCUT2D eigenvalue weighted by Crippen LogP contribution is 2.37. The van der Waals surface area contributed by atoms with Crippen molar-refractivity contribution in [2.45, 2.75) is 0 Å². The van der Waals surface area contributed by atoms with Crippen LogP contribution in [0.25, 0.3) is 115 Å². The minimum absolute atomic E-state index is 0.202. The molecule has 6 aromatic heterocycles. The molecule has 0 bridgehead atoms. The van der Waals surface area contributed by atoms with Crippen LogP contribution in [-0.4, -0.2) is 39.5 Å². The molecule has 14 rings (SSSR count). The number of nitrogens with zero attached hydrogens (tertiary/aromatic N) is 7. The molecule has 0 saturated heterocycles. The first-order valence-corrected chi connectivity index (χ1v) is 24.4. The third kappa shape index (κ3) is 8.38. The molecule has 0 aliphatic carbocycles. The van der Waals surface area contributed by atoms with Gasteiger partial charge in [0.15, 0.2) is 23.3 Å². The van der Waals surface area contributed by atoms with E-state index in [2.05, 4.69) is 120 Å². The summed E-state index contributed by atoms with van der Waals surface area (Å²) in [5.74, 6) is 3.10. The summed E-state index contributed by atoms with van der Waals surface area (Å²) in [4.78, 5) is 31.1. The van der Waals surface area contributed by atoms with E-state index >= 15 is 0 Å². The Kier molecular flexibility index (Phi) is 11.2. The molecule has 1 N–H and O–H groups in total. The van der Waals surface area contributed by atoms with Gasteiger partial charge in [-0.05, 0) is 81.7 Å². The van der Waals surface area contributed by atoms with Crippen LogP contribution < -0.4 is 0 Å². The molecule has 0 aliphatic heterocycles. The maximum Gasteiger partial charge on any atom is 0.238 e. The Balaban J connectivity index is 0.000000118. The van der Waals surface area contributed by atoms with E-state index in [4.69, 9.17) is 26.6 Å². The van der Waals surface area contributed by atoms with Gasteiger partial charge in [-0.25, -0.2) is 9.97 Å². The number of halogens is 1. The van der Waals surface area contributed by atoms with Gasteiger partial charge in [-0.1, -0.05) is 158 Å². The summed E-state index contributed by atoms with van der Waals surface area (Å²) >= 11 is 9.55. The van der Waals surface area contributed by atoms with Crippen LogP contribution >= 0.6 is 34.3 Å². The lowest BCUT2D eigenvalue weighted by Crippen LogP contribution is -2.06. The summed E-state index contributed by atoms with van der Waals surface area (Å²) in [6.07, 6.45) is 0. The topological polar surface area (TPSA) is 98.1 Å². The van der Waals surface area contributed by atoms with E-state index < -0.39 is 0 Å². The monoisotopic (exact) mass is 944 g/mol. The lowest BCUT2D eigenvalue weighted by atomic mass is 10.1. The summed E-state index contributed by atoms with van der Waals surface area (Å²) in [6.45, 7) is 0. The van der Waals surface area contributed by atoms with Gasteiger partial charge < -0.3 is 4.98 Å². The number of para-hydroxylation sites is 2. The van der Waals surface area contributed by atoms with E-state index in [-0.39, 0.29) is 5.28 Å². The van der Waals surface area contributed by atoms with Crippen LogP contribution in [-0.2, 0) is 0 Å². The highest BCUT2D eigenvalue weighted by atomic mass is 35.5. The van der Waals surface area contributed by atoms with Crippen molar-refractivity contribution in [1.82, 2.24) is 39.5 Å². The maximum atomic E-state index is 5.99. The van der Waals surface area contributed by atoms with Crippen molar-refractivity contribution >= 4 is 98.1 Å². The standard InChI is InChI=1S/C29H18N4S.C15H10ClN3.C14H9NS/c1-3-9-19(10-4-1)27-30-28(20-11-5-2-6-12-20)32-29(31-27)33-24-14-8-7-13-22(24)23-18-26-21(15-16-34-26)17-25(23)33;16-15-18-13(11-7-3-1-4-8-11)17-14(19-15)12-9-5-2-6-10-12;1-2-4-12-10(3-1)11-8-14-9(5-6-16-14)7-13(11)15-12/h1-18H;1-10H;1-8,15H. The molecule has 0 amide bonds. The van der Waals surface area contributed by atoms with Crippen molar-refractivity contribution in [3.05, 3.63) is 222 Å². The fraction of sp³-hybridized carbons (Fsp3) is 0. The van der Waals surface area contributed by atoms with Gasteiger partial charge in [-0.2, -0.15) is 19.9 Å². The van der Waals surface area contributed by atoms with Crippen molar-refractivity contribution < 1.29 is 0 Å². The van der Waals surface area contributed by atoms with E-state index in [1.54, 1.807) is 22.7 Å². The van der Waals surface area contributed by atoms with Crippen LogP contribution in [0.15, 0.2) is 217 Å². The van der Waals surface area contributed by atoms with Crippen LogP contribution in [0.5, 0.6) is 0 Å². The summed E-state index contributed by atoms with van der Waals surface area (Å²) in [5.41, 5.74) is 8.39. The second kappa shape index (κ2) is 18.3. The Morgan fingerprint density at radius 3 is 1.36 bits per heavy atom. The average molecular weight is 946 g/mol. The van der Waals surface area contributed by atoms with Gasteiger partial charge in [0.1, 0.15) is 0 Å². The van der Waals surface area contributed by atoms with Crippen LogP contribution in [0, 0.1) is 0 Å². The number of H-pyrrole nitrogens is 1. The van der Waals surface area contributed by atoms with Crippen molar-refractivity contribution in [3.63, 3.8) is 0 Å². The number of rotatable bonds is 5. The predicted octanol–water partition coefficient (Wildman–Crippen LogP) is 15.9. The number of hydrogen-bond acceptors (Lipinski definition) is 8. The molecule has 0 aliphatic rings. The molecule has 0 spiro atoms. The van der Waals surface area contributed by atoms with Gasteiger partial charge in [0.05, 0.1) is 11.0 Å². The summed E-state index contributed by atoms with van der Waals surface area (Å²) in [5, 5.41) is 12.1. The normalized spacial score (nSPS) is 11.3. The zero-order chi connectivity index (χ0) is 46.1. The van der Waals surface area contributed by atoms with Crippen LogP contribution in [0.1, 0.15) is 0 Å². The SMILES string of the molecule is Clc1nc(-c2ccccc2)nc(-c2ccccc2)n1.c1ccc(-c2nc(-c3ccccc3)nc(-n3c4ccccc4c4cc5sccc5cc43)n2)cc1.c1ccc2c(c1)[nH]c1cc3ccsc3cc12. The number of aromatic nitrogens is 8. The predicted molar refractivity (Wildman–Crippen MR) is 287 cm³/mol. The van der Waals surface area contributed by atoms with Gasteiger partial charge in [-0.3, -0.25) is 4.57 Å². The molecule has 0 fully saturated rings. The highest BCUT2D eigenvalue weighted by molar-refractivity contribution is 7.17. The lowest BCUT2D eigenvalue weighted by molar-refractivity contribution is 0.954. The Hall–Kier alpha value is -8.41. The third-order valence-electron chi connectivity index (χ3n) is 11.9. The Morgan fingerprint density at radius 2 is 0.812 bits per heavy atom. The average Bonchev–Trinajstić information content (AvgIpc) is 4.23. The molecule has 0 atom stereocenters. The zero-order valence-corrected chi connectivity index (χ0v) is 39.0. The van der Waals surface area contributed by atoms with Crippen LogP contribution in [0.3, 0.4) is 0 Å². The lowest BCUT2D eigenvalue weighted by Gasteiger charge is -2.10. The minimum atomic E-state index is 0.202. The van der Waals surface area contributed by atoms with E-state index in [1.165, 1.54) is 52.8 Å². The Morgan fingerprint density at radius 1 is 0.362 bits per heavy atom. The van der Waals surface area contributed by atoms with Crippen molar-refractivity contribution in [2.24, 2.45) is 0 Å². The minimum Gasteiger partial charge on any atom is -0.354 e. The molecule has 0 unspecified atom stereocenters. The van der Waals surface area contributed by atoms with Gasteiger partial charge in [0.2, 0.25) is 11.2 Å². The van der Waals surface area contributed by atoms with Gasteiger partial charge >= 0.3 is 0 Å². The largest absolute Gasteiger partial charge is 0.354 e. The van der Waals surface area contributed by atoms with Crippen molar-refractivity contribution in [3.8, 4) is 51.5 Å². The second-order valence-corrected chi connectivity index (χ2v) is 18.4. The van der Waals surface area contributed by atoms with E-state index in [1.807, 2.05) is 121 Å². The fourth-order valence-corrected chi connectivity index (χ4v) is 10.4. The maximum absolute atomic E-state index is 5.99. The quantitative estimate of drug-likeness (QED) is 0.185. The van der Waals surface area contributed by atoms with Crippen molar-refractivity contribution in [1.29, 1.82) is 0 Å². The summed E-state index contributed by atoms with van der Waals surface area (Å²) in [7, 11) is 0. The molecule has 8 nitrogen and oxygen atoms in total. The van der Waals surface area contributed by atoms with Gasteiger partial charge in [-0.15, -0.1) is 22.7 Å². The molecule has 0 saturated carbocycles. The molecule has 328 valence electrons.